The van der Waals surface area contributed by atoms with E-state index in [0.29, 0.717) is 6.04 Å². The molecular formula is C18H28BrN. The summed E-state index contributed by atoms with van der Waals surface area (Å²) in [5.41, 5.74) is 1.45. The molecule has 1 aromatic rings. The molecule has 1 nitrogen and oxygen atoms in total. The molecule has 0 aliphatic heterocycles. The molecule has 0 saturated heterocycles. The average molecular weight is 338 g/mol. The van der Waals surface area contributed by atoms with Crippen LogP contribution in [0.15, 0.2) is 28.7 Å². The molecular weight excluding hydrogens is 310 g/mol. The minimum absolute atomic E-state index is 0.522. The highest BCUT2D eigenvalue weighted by Crippen LogP contribution is 2.40. The Labute approximate surface area is 132 Å². The van der Waals surface area contributed by atoms with E-state index in [1.807, 2.05) is 0 Å². The third kappa shape index (κ3) is 4.33. The second-order valence-electron chi connectivity index (χ2n) is 6.66. The quantitative estimate of drug-likeness (QED) is 0.741. The van der Waals surface area contributed by atoms with Crippen LogP contribution in [-0.2, 0) is 0 Å². The summed E-state index contributed by atoms with van der Waals surface area (Å²) in [6.45, 7) is 8.19. The minimum atomic E-state index is 0.522. The molecule has 0 aromatic heterocycles. The van der Waals surface area contributed by atoms with Crippen molar-refractivity contribution in [1.29, 1.82) is 0 Å². The van der Waals surface area contributed by atoms with Crippen LogP contribution in [0.25, 0.3) is 0 Å². The van der Waals surface area contributed by atoms with Gasteiger partial charge in [0.05, 0.1) is 0 Å². The molecule has 20 heavy (non-hydrogen) atoms. The number of nitrogens with one attached hydrogen (secondary N) is 1. The van der Waals surface area contributed by atoms with Gasteiger partial charge in [0.25, 0.3) is 0 Å². The first-order valence-electron chi connectivity index (χ1n) is 8.09. The molecule has 1 aromatic carbocycles. The summed E-state index contributed by atoms with van der Waals surface area (Å²) in [7, 11) is 0. The van der Waals surface area contributed by atoms with E-state index in [-0.39, 0.29) is 0 Å². The first-order valence-corrected chi connectivity index (χ1v) is 8.88. The zero-order valence-corrected chi connectivity index (χ0v) is 14.6. The van der Waals surface area contributed by atoms with E-state index in [1.165, 1.54) is 35.7 Å². The first-order chi connectivity index (χ1) is 9.60. The predicted octanol–water partition coefficient (Wildman–Crippen LogP) is 5.56. The summed E-state index contributed by atoms with van der Waals surface area (Å²) in [5.74, 6) is 2.51. The molecule has 2 heteroatoms. The van der Waals surface area contributed by atoms with Crippen molar-refractivity contribution in [2.24, 2.45) is 17.8 Å². The summed E-state index contributed by atoms with van der Waals surface area (Å²) in [6.07, 6.45) is 5.33. The Kier molecular flexibility index (Phi) is 6.10. The van der Waals surface area contributed by atoms with Crippen LogP contribution >= 0.6 is 15.9 Å². The maximum atomic E-state index is 3.80. The summed E-state index contributed by atoms with van der Waals surface area (Å²) < 4.78 is 1.17. The average Bonchev–Trinajstić information content (AvgIpc) is 2.40. The van der Waals surface area contributed by atoms with Crippen LogP contribution in [-0.4, -0.2) is 6.54 Å². The Morgan fingerprint density at radius 2 is 1.70 bits per heavy atom. The van der Waals surface area contributed by atoms with Gasteiger partial charge in [-0.25, -0.2) is 0 Å². The third-order valence-electron chi connectivity index (χ3n) is 4.53. The van der Waals surface area contributed by atoms with Crippen LogP contribution in [0, 0.1) is 17.8 Å². The largest absolute Gasteiger partial charge is 0.310 e. The Morgan fingerprint density at radius 1 is 1.10 bits per heavy atom. The first kappa shape index (κ1) is 16.0. The number of halogens is 1. The van der Waals surface area contributed by atoms with Gasteiger partial charge in [-0.3, -0.25) is 0 Å². The molecule has 1 aliphatic rings. The zero-order chi connectivity index (χ0) is 14.5. The second-order valence-corrected chi connectivity index (χ2v) is 7.58. The number of hydrogen-bond acceptors (Lipinski definition) is 1. The zero-order valence-electron chi connectivity index (χ0n) is 13.0. The van der Waals surface area contributed by atoms with Gasteiger partial charge in [0, 0.05) is 10.5 Å². The summed E-state index contributed by atoms with van der Waals surface area (Å²) >= 11 is 3.54. The van der Waals surface area contributed by atoms with Gasteiger partial charge in [0.1, 0.15) is 0 Å². The van der Waals surface area contributed by atoms with Gasteiger partial charge in [0.15, 0.2) is 0 Å². The molecule has 0 bridgehead atoms. The normalized spacial score (nSPS) is 28.3. The Hall–Kier alpha value is -0.340. The second kappa shape index (κ2) is 7.61. The monoisotopic (exact) mass is 337 g/mol. The van der Waals surface area contributed by atoms with Crippen LogP contribution in [0.1, 0.15) is 58.1 Å². The molecule has 112 valence electrons. The fourth-order valence-electron chi connectivity index (χ4n) is 3.81. The van der Waals surface area contributed by atoms with E-state index in [9.17, 15) is 0 Å². The maximum absolute atomic E-state index is 3.80. The smallest absolute Gasteiger partial charge is 0.0348 e. The molecule has 1 saturated carbocycles. The Morgan fingerprint density at radius 3 is 2.25 bits per heavy atom. The van der Waals surface area contributed by atoms with Crippen LogP contribution < -0.4 is 5.32 Å². The van der Waals surface area contributed by atoms with E-state index >= 15 is 0 Å². The molecule has 1 N–H and O–H groups in total. The lowest BCUT2D eigenvalue weighted by molar-refractivity contribution is 0.176. The third-order valence-corrected chi connectivity index (χ3v) is 5.06. The van der Waals surface area contributed by atoms with Crippen LogP contribution in [0.5, 0.6) is 0 Å². The molecule has 0 radical (unpaired) electrons. The van der Waals surface area contributed by atoms with Gasteiger partial charge in [-0.15, -0.1) is 0 Å². The molecule has 3 atom stereocenters. The number of benzene rings is 1. The SMILES string of the molecule is CCCNC(c1ccc(Br)cc1)C1CC(C)CC(C)C1. The fourth-order valence-corrected chi connectivity index (χ4v) is 4.07. The van der Waals surface area contributed by atoms with E-state index in [2.05, 4.69) is 66.3 Å². The lowest BCUT2D eigenvalue weighted by Crippen LogP contribution is -2.33. The summed E-state index contributed by atoms with van der Waals surface area (Å²) in [6, 6.07) is 9.42. The lowest BCUT2D eigenvalue weighted by atomic mass is 9.72. The van der Waals surface area contributed by atoms with E-state index in [4.69, 9.17) is 0 Å². The Balaban J connectivity index is 2.15. The van der Waals surface area contributed by atoms with E-state index in [0.717, 1.165) is 24.3 Å². The summed E-state index contributed by atoms with van der Waals surface area (Å²) in [5, 5.41) is 3.80. The minimum Gasteiger partial charge on any atom is -0.310 e. The van der Waals surface area contributed by atoms with Crippen molar-refractivity contribution >= 4 is 15.9 Å². The molecule has 3 unspecified atom stereocenters. The van der Waals surface area contributed by atoms with Gasteiger partial charge in [-0.1, -0.05) is 48.8 Å². The van der Waals surface area contributed by atoms with Gasteiger partial charge >= 0.3 is 0 Å². The highest BCUT2D eigenvalue weighted by molar-refractivity contribution is 9.10. The van der Waals surface area contributed by atoms with E-state index < -0.39 is 0 Å². The fraction of sp³-hybridized carbons (Fsp3) is 0.667. The van der Waals surface area contributed by atoms with Crippen molar-refractivity contribution in [2.75, 3.05) is 6.54 Å². The van der Waals surface area contributed by atoms with Crippen LogP contribution in [0.3, 0.4) is 0 Å². The van der Waals surface area contributed by atoms with Crippen molar-refractivity contribution in [3.05, 3.63) is 34.3 Å². The van der Waals surface area contributed by atoms with Gasteiger partial charge in [0.2, 0.25) is 0 Å². The lowest BCUT2D eigenvalue weighted by Gasteiger charge is -2.37. The van der Waals surface area contributed by atoms with Crippen molar-refractivity contribution in [2.45, 2.75) is 52.5 Å². The van der Waals surface area contributed by atoms with Crippen molar-refractivity contribution in [1.82, 2.24) is 5.32 Å². The van der Waals surface area contributed by atoms with Gasteiger partial charge < -0.3 is 5.32 Å². The highest BCUT2D eigenvalue weighted by atomic mass is 79.9. The number of rotatable bonds is 5. The summed E-state index contributed by atoms with van der Waals surface area (Å²) in [4.78, 5) is 0. The molecule has 0 spiro atoms. The molecule has 0 amide bonds. The van der Waals surface area contributed by atoms with Crippen molar-refractivity contribution in [3.63, 3.8) is 0 Å². The predicted molar refractivity (Wildman–Crippen MR) is 90.8 cm³/mol. The van der Waals surface area contributed by atoms with Gasteiger partial charge in [-0.2, -0.15) is 0 Å². The van der Waals surface area contributed by atoms with Crippen molar-refractivity contribution in [3.8, 4) is 0 Å². The topological polar surface area (TPSA) is 12.0 Å². The van der Waals surface area contributed by atoms with Gasteiger partial charge in [-0.05, 0) is 67.7 Å². The molecule has 2 rings (SSSR count). The molecule has 0 heterocycles. The Bertz CT molecular complexity index is 390. The number of hydrogen-bond donors (Lipinski definition) is 1. The van der Waals surface area contributed by atoms with Crippen LogP contribution in [0.2, 0.25) is 0 Å². The van der Waals surface area contributed by atoms with Crippen LogP contribution in [0.4, 0.5) is 0 Å². The molecule has 1 aliphatic carbocycles. The standard InChI is InChI=1S/C18H28BrN/c1-4-9-20-18(15-5-7-17(19)8-6-15)16-11-13(2)10-14(3)12-16/h5-8,13-14,16,18,20H,4,9-12H2,1-3H3. The van der Waals surface area contributed by atoms with E-state index in [1.54, 1.807) is 0 Å². The highest BCUT2D eigenvalue weighted by Gasteiger charge is 2.30. The van der Waals surface area contributed by atoms with Crippen molar-refractivity contribution < 1.29 is 0 Å². The maximum Gasteiger partial charge on any atom is 0.0348 e. The molecule has 1 fully saturated rings.